The van der Waals surface area contributed by atoms with Gasteiger partial charge in [0, 0.05) is 31.2 Å². The molecule has 0 spiro atoms. The Balaban J connectivity index is 1.71. The molecular weight excluding hydrogens is 396 g/mol. The van der Waals surface area contributed by atoms with Crippen molar-refractivity contribution in [3.05, 3.63) is 65.2 Å². The molecule has 2 aromatic rings. The first kappa shape index (κ1) is 20.8. The van der Waals surface area contributed by atoms with Crippen LogP contribution in [0.2, 0.25) is 5.02 Å². The number of piperazine rings is 1. The van der Waals surface area contributed by atoms with Crippen LogP contribution in [-0.2, 0) is 14.8 Å². The molecular formula is C21H25ClN2O3S. The van der Waals surface area contributed by atoms with E-state index in [2.05, 4.69) is 0 Å². The monoisotopic (exact) mass is 420 g/mol. The van der Waals surface area contributed by atoms with Crippen molar-refractivity contribution in [2.24, 2.45) is 5.92 Å². The first-order valence-corrected chi connectivity index (χ1v) is 11.2. The molecule has 1 fully saturated rings. The van der Waals surface area contributed by atoms with Crippen molar-refractivity contribution in [2.45, 2.75) is 24.7 Å². The molecule has 3 rings (SSSR count). The van der Waals surface area contributed by atoms with Gasteiger partial charge < -0.3 is 4.90 Å². The van der Waals surface area contributed by atoms with E-state index in [4.69, 9.17) is 11.6 Å². The Labute approximate surface area is 172 Å². The number of hydrogen-bond acceptors (Lipinski definition) is 3. The SMILES string of the molecule is CC(C)[C@@H](C(=O)N1CCN(S(=O)(=O)c2ccccc2)CC1)c1ccc(Cl)cc1. The second-order valence-electron chi connectivity index (χ2n) is 7.32. The molecule has 1 aliphatic rings. The summed E-state index contributed by atoms with van der Waals surface area (Å²) in [5.41, 5.74) is 0.934. The Morgan fingerprint density at radius 2 is 1.50 bits per heavy atom. The summed E-state index contributed by atoms with van der Waals surface area (Å²) in [7, 11) is -3.52. The third-order valence-corrected chi connectivity index (χ3v) is 7.26. The lowest BCUT2D eigenvalue weighted by Crippen LogP contribution is -2.52. The second-order valence-corrected chi connectivity index (χ2v) is 9.69. The Kier molecular flexibility index (Phi) is 6.43. The lowest BCUT2D eigenvalue weighted by atomic mass is 9.87. The maximum Gasteiger partial charge on any atom is 0.243 e. The summed E-state index contributed by atoms with van der Waals surface area (Å²) in [6, 6.07) is 15.8. The van der Waals surface area contributed by atoms with Crippen LogP contribution in [0.15, 0.2) is 59.5 Å². The van der Waals surface area contributed by atoms with Gasteiger partial charge in [0.25, 0.3) is 0 Å². The van der Waals surface area contributed by atoms with Crippen LogP contribution < -0.4 is 0 Å². The van der Waals surface area contributed by atoms with Crippen molar-refractivity contribution in [1.29, 1.82) is 0 Å². The number of sulfonamides is 1. The summed E-state index contributed by atoms with van der Waals surface area (Å²) in [4.78, 5) is 15.2. The lowest BCUT2D eigenvalue weighted by Gasteiger charge is -2.36. The smallest absolute Gasteiger partial charge is 0.243 e. The van der Waals surface area contributed by atoms with Crippen molar-refractivity contribution in [3.8, 4) is 0 Å². The Hall–Kier alpha value is -1.89. The topological polar surface area (TPSA) is 57.7 Å². The highest BCUT2D eigenvalue weighted by Crippen LogP contribution is 2.29. The number of carbonyl (C=O) groups excluding carboxylic acids is 1. The molecule has 0 aliphatic carbocycles. The van der Waals surface area contributed by atoms with Crippen LogP contribution in [0.1, 0.15) is 25.3 Å². The number of amides is 1. The van der Waals surface area contributed by atoms with Gasteiger partial charge in [0.05, 0.1) is 10.8 Å². The quantitative estimate of drug-likeness (QED) is 0.742. The Morgan fingerprint density at radius 1 is 0.929 bits per heavy atom. The van der Waals surface area contributed by atoms with Crippen molar-refractivity contribution in [2.75, 3.05) is 26.2 Å². The molecule has 1 amide bonds. The number of halogens is 1. The molecule has 0 bridgehead atoms. The van der Waals surface area contributed by atoms with Crippen LogP contribution in [0.4, 0.5) is 0 Å². The van der Waals surface area contributed by atoms with Gasteiger partial charge in [-0.3, -0.25) is 4.79 Å². The summed E-state index contributed by atoms with van der Waals surface area (Å²) < 4.78 is 27.0. The summed E-state index contributed by atoms with van der Waals surface area (Å²) in [6.45, 7) is 5.42. The van der Waals surface area contributed by atoms with E-state index >= 15 is 0 Å². The molecule has 28 heavy (non-hydrogen) atoms. The third-order valence-electron chi connectivity index (χ3n) is 5.09. The van der Waals surface area contributed by atoms with E-state index in [1.54, 1.807) is 47.4 Å². The largest absolute Gasteiger partial charge is 0.340 e. The van der Waals surface area contributed by atoms with Crippen LogP contribution in [-0.4, -0.2) is 49.7 Å². The van der Waals surface area contributed by atoms with Gasteiger partial charge in [-0.1, -0.05) is 55.8 Å². The lowest BCUT2D eigenvalue weighted by molar-refractivity contribution is -0.135. The number of carbonyl (C=O) groups is 1. The van der Waals surface area contributed by atoms with Gasteiger partial charge in [0.1, 0.15) is 0 Å². The van der Waals surface area contributed by atoms with Gasteiger partial charge in [0.2, 0.25) is 15.9 Å². The van der Waals surface area contributed by atoms with Gasteiger partial charge in [0.15, 0.2) is 0 Å². The molecule has 0 saturated carbocycles. The molecule has 0 unspecified atom stereocenters. The average molecular weight is 421 g/mol. The summed E-state index contributed by atoms with van der Waals surface area (Å²) in [5.74, 6) is -0.108. The van der Waals surface area contributed by atoms with Crippen molar-refractivity contribution in [1.82, 2.24) is 9.21 Å². The molecule has 1 heterocycles. The fourth-order valence-electron chi connectivity index (χ4n) is 3.57. The van der Waals surface area contributed by atoms with Crippen LogP contribution in [0.3, 0.4) is 0 Å². The first-order chi connectivity index (χ1) is 13.3. The molecule has 7 heteroatoms. The van der Waals surface area contributed by atoms with Crippen LogP contribution >= 0.6 is 11.6 Å². The molecule has 2 aromatic carbocycles. The first-order valence-electron chi connectivity index (χ1n) is 9.40. The van der Waals surface area contributed by atoms with Crippen LogP contribution in [0.5, 0.6) is 0 Å². The predicted octanol–water partition coefficient (Wildman–Crippen LogP) is 3.61. The van der Waals surface area contributed by atoms with Crippen LogP contribution in [0, 0.1) is 5.92 Å². The average Bonchev–Trinajstić information content (AvgIpc) is 2.70. The Bertz CT molecular complexity index is 906. The molecule has 1 aliphatic heterocycles. The predicted molar refractivity (Wildman–Crippen MR) is 111 cm³/mol. The standard InChI is InChI=1S/C21H25ClN2O3S/c1-16(2)20(17-8-10-18(22)11-9-17)21(25)23-12-14-24(15-13-23)28(26,27)19-6-4-3-5-7-19/h3-11,16,20H,12-15H2,1-2H3/t20-/m1/s1. The van der Waals surface area contributed by atoms with Gasteiger partial charge in [-0.25, -0.2) is 8.42 Å². The van der Waals surface area contributed by atoms with Crippen molar-refractivity contribution >= 4 is 27.5 Å². The molecule has 150 valence electrons. The number of benzene rings is 2. The summed E-state index contributed by atoms with van der Waals surface area (Å²) in [5, 5.41) is 0.637. The summed E-state index contributed by atoms with van der Waals surface area (Å²) >= 11 is 5.98. The van der Waals surface area contributed by atoms with Crippen molar-refractivity contribution < 1.29 is 13.2 Å². The Morgan fingerprint density at radius 3 is 2.04 bits per heavy atom. The van der Waals surface area contributed by atoms with E-state index in [1.165, 1.54) is 4.31 Å². The van der Waals surface area contributed by atoms with Gasteiger partial charge in [-0.05, 0) is 35.7 Å². The maximum atomic E-state index is 13.2. The highest BCUT2D eigenvalue weighted by Gasteiger charge is 2.34. The minimum absolute atomic E-state index is 0.0362. The zero-order valence-corrected chi connectivity index (χ0v) is 17.7. The fraction of sp³-hybridized carbons (Fsp3) is 0.381. The van der Waals surface area contributed by atoms with E-state index in [0.29, 0.717) is 31.2 Å². The van der Waals surface area contributed by atoms with E-state index in [-0.39, 0.29) is 22.6 Å². The molecule has 1 atom stereocenters. The van der Waals surface area contributed by atoms with Gasteiger partial charge in [-0.2, -0.15) is 4.31 Å². The normalized spacial score (nSPS) is 16.9. The minimum Gasteiger partial charge on any atom is -0.340 e. The number of hydrogen-bond donors (Lipinski definition) is 0. The summed E-state index contributed by atoms with van der Waals surface area (Å²) in [6.07, 6.45) is 0. The molecule has 1 saturated heterocycles. The minimum atomic E-state index is -3.52. The number of nitrogens with zero attached hydrogens (tertiary/aromatic N) is 2. The van der Waals surface area contributed by atoms with E-state index in [9.17, 15) is 13.2 Å². The third kappa shape index (κ3) is 4.40. The molecule has 0 N–H and O–H groups in total. The number of rotatable bonds is 5. The fourth-order valence-corrected chi connectivity index (χ4v) is 5.14. The van der Waals surface area contributed by atoms with E-state index in [1.807, 2.05) is 26.0 Å². The maximum absolute atomic E-state index is 13.2. The van der Waals surface area contributed by atoms with Crippen molar-refractivity contribution in [3.63, 3.8) is 0 Å². The molecule has 0 aromatic heterocycles. The second kappa shape index (κ2) is 8.64. The highest BCUT2D eigenvalue weighted by atomic mass is 35.5. The van der Waals surface area contributed by atoms with Gasteiger partial charge in [-0.15, -0.1) is 0 Å². The zero-order valence-electron chi connectivity index (χ0n) is 16.1. The highest BCUT2D eigenvalue weighted by molar-refractivity contribution is 7.89. The molecule has 5 nitrogen and oxygen atoms in total. The van der Waals surface area contributed by atoms with Crippen LogP contribution in [0.25, 0.3) is 0 Å². The van der Waals surface area contributed by atoms with Gasteiger partial charge >= 0.3 is 0 Å². The van der Waals surface area contributed by atoms with E-state index < -0.39 is 10.0 Å². The molecule has 0 radical (unpaired) electrons. The van der Waals surface area contributed by atoms with E-state index in [0.717, 1.165) is 5.56 Å². The zero-order chi connectivity index (χ0) is 20.3.